The van der Waals surface area contributed by atoms with Gasteiger partial charge in [-0.15, -0.1) is 0 Å². The fraction of sp³-hybridized carbons (Fsp3) is 0.500. The van der Waals surface area contributed by atoms with Crippen LogP contribution in [0, 0.1) is 5.92 Å². The molecular formula is C22H31N5O6. The lowest BCUT2D eigenvalue weighted by Crippen LogP contribution is -2.54. The molecule has 0 radical (unpaired) electrons. The largest absolute Gasteiger partial charge is 0.465 e. The molecule has 1 aliphatic rings. The second kappa shape index (κ2) is 11.8. The average Bonchev–Trinajstić information content (AvgIpc) is 3.26. The van der Waals surface area contributed by atoms with Gasteiger partial charge in [0.25, 0.3) is 0 Å². The SMILES string of the molecule is COC(=O)c1ccccc1NC(=O)N1CCC[C@H]1C(=O)N[C@@H](CC(C)C)C(=O)NCC(N)=O. The molecule has 180 valence electrons. The Labute approximate surface area is 192 Å². The molecule has 1 aromatic carbocycles. The number of hydrogen-bond acceptors (Lipinski definition) is 6. The summed E-state index contributed by atoms with van der Waals surface area (Å²) in [5.74, 6) is -2.18. The van der Waals surface area contributed by atoms with Crippen molar-refractivity contribution in [3.05, 3.63) is 29.8 Å². The number of urea groups is 1. The number of para-hydroxylation sites is 1. The van der Waals surface area contributed by atoms with Gasteiger partial charge in [-0.05, 0) is 37.3 Å². The number of anilines is 1. The Morgan fingerprint density at radius 1 is 1.18 bits per heavy atom. The predicted octanol–water partition coefficient (Wildman–Crippen LogP) is 0.602. The Bertz CT molecular complexity index is 903. The lowest BCUT2D eigenvalue weighted by molar-refractivity contribution is -0.131. The van der Waals surface area contributed by atoms with E-state index in [1.54, 1.807) is 18.2 Å². The number of ether oxygens (including phenoxy) is 1. The van der Waals surface area contributed by atoms with E-state index in [-0.39, 0.29) is 23.7 Å². The maximum absolute atomic E-state index is 13.0. The molecule has 0 saturated carbocycles. The Balaban J connectivity index is 2.10. The molecule has 33 heavy (non-hydrogen) atoms. The third-order valence-corrected chi connectivity index (χ3v) is 5.17. The number of amides is 5. The van der Waals surface area contributed by atoms with E-state index >= 15 is 0 Å². The summed E-state index contributed by atoms with van der Waals surface area (Å²) in [5, 5.41) is 7.78. The van der Waals surface area contributed by atoms with Crippen LogP contribution in [0.2, 0.25) is 0 Å². The van der Waals surface area contributed by atoms with Crippen LogP contribution in [0.3, 0.4) is 0 Å². The summed E-state index contributed by atoms with van der Waals surface area (Å²) < 4.78 is 4.74. The van der Waals surface area contributed by atoms with E-state index in [4.69, 9.17) is 10.5 Å². The van der Waals surface area contributed by atoms with E-state index < -0.39 is 41.8 Å². The topological polar surface area (TPSA) is 160 Å². The van der Waals surface area contributed by atoms with Crippen molar-refractivity contribution in [2.45, 2.75) is 45.2 Å². The van der Waals surface area contributed by atoms with E-state index in [1.807, 2.05) is 13.8 Å². The van der Waals surface area contributed by atoms with Gasteiger partial charge in [-0.25, -0.2) is 9.59 Å². The van der Waals surface area contributed by atoms with Gasteiger partial charge in [-0.1, -0.05) is 26.0 Å². The molecule has 5 N–H and O–H groups in total. The molecule has 11 nitrogen and oxygen atoms in total. The van der Waals surface area contributed by atoms with Crippen LogP contribution in [0.1, 0.15) is 43.5 Å². The van der Waals surface area contributed by atoms with Crippen LogP contribution in [0.15, 0.2) is 24.3 Å². The molecule has 1 heterocycles. The van der Waals surface area contributed by atoms with Gasteiger partial charge < -0.3 is 31.3 Å². The summed E-state index contributed by atoms with van der Waals surface area (Å²) in [7, 11) is 1.24. The van der Waals surface area contributed by atoms with Crippen LogP contribution in [0.5, 0.6) is 0 Å². The van der Waals surface area contributed by atoms with Gasteiger partial charge in [-0.2, -0.15) is 0 Å². The normalized spacial score (nSPS) is 16.1. The minimum Gasteiger partial charge on any atom is -0.465 e. The molecule has 2 atom stereocenters. The molecule has 0 bridgehead atoms. The number of nitrogens with two attached hydrogens (primary N) is 1. The van der Waals surface area contributed by atoms with Crippen LogP contribution in [-0.2, 0) is 19.1 Å². The summed E-state index contributed by atoms with van der Waals surface area (Å²) in [6.45, 7) is 3.80. The summed E-state index contributed by atoms with van der Waals surface area (Å²) in [6.07, 6.45) is 1.38. The molecule has 5 amide bonds. The van der Waals surface area contributed by atoms with Crippen molar-refractivity contribution in [2.75, 3.05) is 25.5 Å². The van der Waals surface area contributed by atoms with E-state index in [9.17, 15) is 24.0 Å². The van der Waals surface area contributed by atoms with Crippen LogP contribution in [-0.4, -0.2) is 66.9 Å². The highest BCUT2D eigenvalue weighted by molar-refractivity contribution is 6.02. The highest BCUT2D eigenvalue weighted by Crippen LogP contribution is 2.22. The van der Waals surface area contributed by atoms with E-state index in [0.29, 0.717) is 25.8 Å². The lowest BCUT2D eigenvalue weighted by Gasteiger charge is -2.27. The number of nitrogens with one attached hydrogen (secondary N) is 3. The van der Waals surface area contributed by atoms with Crippen molar-refractivity contribution in [1.29, 1.82) is 0 Å². The number of carbonyl (C=O) groups is 5. The molecule has 1 aliphatic heterocycles. The van der Waals surface area contributed by atoms with Gasteiger partial charge in [-0.3, -0.25) is 14.4 Å². The van der Waals surface area contributed by atoms with E-state index in [1.165, 1.54) is 18.1 Å². The number of likely N-dealkylation sites (tertiary alicyclic amines) is 1. The third kappa shape index (κ3) is 7.19. The number of benzene rings is 1. The van der Waals surface area contributed by atoms with Crippen molar-refractivity contribution < 1.29 is 28.7 Å². The van der Waals surface area contributed by atoms with Crippen molar-refractivity contribution >= 4 is 35.4 Å². The van der Waals surface area contributed by atoms with Crippen LogP contribution in [0.4, 0.5) is 10.5 Å². The molecule has 0 spiro atoms. The first-order chi connectivity index (χ1) is 15.6. The van der Waals surface area contributed by atoms with Gasteiger partial charge in [0.2, 0.25) is 17.7 Å². The summed E-state index contributed by atoms with van der Waals surface area (Å²) in [6, 6.07) is 4.20. The number of carbonyl (C=O) groups excluding carboxylic acids is 5. The molecule has 1 fully saturated rings. The second-order valence-electron chi connectivity index (χ2n) is 8.19. The predicted molar refractivity (Wildman–Crippen MR) is 120 cm³/mol. The average molecular weight is 462 g/mol. The number of primary amides is 1. The monoisotopic (exact) mass is 461 g/mol. The van der Waals surface area contributed by atoms with Crippen molar-refractivity contribution in [3.63, 3.8) is 0 Å². The van der Waals surface area contributed by atoms with Gasteiger partial charge in [0.15, 0.2) is 0 Å². The maximum atomic E-state index is 13.0. The van der Waals surface area contributed by atoms with Crippen LogP contribution >= 0.6 is 0 Å². The molecule has 1 aromatic rings. The fourth-order valence-corrected chi connectivity index (χ4v) is 3.62. The van der Waals surface area contributed by atoms with Gasteiger partial charge >= 0.3 is 12.0 Å². The standard InChI is InChI=1S/C22H31N5O6/c1-13(2)11-16(19(29)24-12-18(23)28)25-20(30)17-9-6-10-27(17)22(32)26-15-8-5-4-7-14(15)21(31)33-3/h4-5,7-8,13,16-17H,6,9-12H2,1-3H3,(H2,23,28)(H,24,29)(H,25,30)(H,26,32)/t16-,17-/m0/s1. The van der Waals surface area contributed by atoms with Gasteiger partial charge in [0.05, 0.1) is 24.9 Å². The Morgan fingerprint density at radius 2 is 1.88 bits per heavy atom. The van der Waals surface area contributed by atoms with Crippen LogP contribution in [0.25, 0.3) is 0 Å². The van der Waals surface area contributed by atoms with E-state index in [0.717, 1.165) is 0 Å². The number of hydrogen-bond donors (Lipinski definition) is 4. The molecular weight excluding hydrogens is 430 g/mol. The highest BCUT2D eigenvalue weighted by Gasteiger charge is 2.36. The van der Waals surface area contributed by atoms with Crippen LogP contribution < -0.4 is 21.7 Å². The van der Waals surface area contributed by atoms with Crippen molar-refractivity contribution in [3.8, 4) is 0 Å². The Morgan fingerprint density at radius 3 is 2.52 bits per heavy atom. The molecule has 0 aliphatic carbocycles. The minimum absolute atomic E-state index is 0.0902. The highest BCUT2D eigenvalue weighted by atomic mass is 16.5. The molecule has 0 aromatic heterocycles. The molecule has 11 heteroatoms. The maximum Gasteiger partial charge on any atom is 0.339 e. The summed E-state index contributed by atoms with van der Waals surface area (Å²) in [4.78, 5) is 62.7. The molecule has 1 saturated heterocycles. The number of nitrogens with zero attached hydrogens (tertiary/aromatic N) is 1. The number of rotatable bonds is 9. The zero-order valence-corrected chi connectivity index (χ0v) is 19.1. The quantitative estimate of drug-likeness (QED) is 0.394. The summed E-state index contributed by atoms with van der Waals surface area (Å²) >= 11 is 0. The van der Waals surface area contributed by atoms with Gasteiger partial charge in [0.1, 0.15) is 12.1 Å². The van der Waals surface area contributed by atoms with Gasteiger partial charge in [0, 0.05) is 6.54 Å². The minimum atomic E-state index is -0.873. The first kappa shape index (κ1) is 25.6. The zero-order chi connectivity index (χ0) is 24.5. The first-order valence-electron chi connectivity index (χ1n) is 10.7. The van der Waals surface area contributed by atoms with E-state index in [2.05, 4.69) is 16.0 Å². The molecule has 0 unspecified atom stereocenters. The summed E-state index contributed by atoms with van der Waals surface area (Å²) in [5.41, 5.74) is 5.53. The smallest absolute Gasteiger partial charge is 0.339 e. The second-order valence-corrected chi connectivity index (χ2v) is 8.19. The van der Waals surface area contributed by atoms with Crippen molar-refractivity contribution in [1.82, 2.24) is 15.5 Å². The Kier molecular flexibility index (Phi) is 9.19. The zero-order valence-electron chi connectivity index (χ0n) is 19.1. The number of methoxy groups -OCH3 is 1. The Hall–Kier alpha value is -3.63. The third-order valence-electron chi connectivity index (χ3n) is 5.17. The number of esters is 1. The molecule has 2 rings (SSSR count). The van der Waals surface area contributed by atoms with Crippen molar-refractivity contribution in [2.24, 2.45) is 11.7 Å². The fourth-order valence-electron chi connectivity index (χ4n) is 3.62. The lowest BCUT2D eigenvalue weighted by atomic mass is 10.0. The first-order valence-corrected chi connectivity index (χ1v) is 10.7.